The minimum atomic E-state index is -0.372. The number of likely N-dealkylation sites (N-methyl/N-ethyl adjacent to an activating group) is 1. The van der Waals surface area contributed by atoms with E-state index in [4.69, 9.17) is 4.74 Å². The topological polar surface area (TPSA) is 88.9 Å². The van der Waals surface area contributed by atoms with E-state index < -0.39 is 0 Å². The molecule has 38 heavy (non-hydrogen) atoms. The molecule has 2 aromatic heterocycles. The maximum Gasteiger partial charge on any atom is 0.267 e. The summed E-state index contributed by atoms with van der Waals surface area (Å²) < 4.78 is 7.81. The predicted octanol–water partition coefficient (Wildman–Crippen LogP) is 4.19. The third-order valence-electron chi connectivity index (χ3n) is 7.20. The summed E-state index contributed by atoms with van der Waals surface area (Å²) in [7, 11) is 1.45. The number of hydrogen-bond acceptors (Lipinski definition) is 6. The van der Waals surface area contributed by atoms with Gasteiger partial charge in [-0.25, -0.2) is 0 Å². The summed E-state index contributed by atoms with van der Waals surface area (Å²) in [6.45, 7) is 4.87. The molecule has 5 rings (SSSR count). The lowest BCUT2D eigenvalue weighted by atomic mass is 10.1. The molecular weight excluding hydrogens is 502 g/mol. The highest BCUT2D eigenvalue weighted by Gasteiger charge is 2.34. The second-order valence-electron chi connectivity index (χ2n) is 9.36. The number of carbonyl (C=O) groups is 3. The molecule has 1 atom stereocenters. The molecule has 196 valence electrons. The Kier molecular flexibility index (Phi) is 7.03. The van der Waals surface area contributed by atoms with E-state index >= 15 is 0 Å². The molecule has 0 radical (unpaired) electrons. The van der Waals surface area contributed by atoms with Crippen molar-refractivity contribution in [3.63, 3.8) is 0 Å². The second-order valence-corrected chi connectivity index (χ2v) is 10.4. The fourth-order valence-electron chi connectivity index (χ4n) is 5.36. The summed E-state index contributed by atoms with van der Waals surface area (Å²) in [6.07, 6.45) is 0.698. The number of thiophene rings is 1. The van der Waals surface area contributed by atoms with Gasteiger partial charge >= 0.3 is 0 Å². The number of nitrogens with zero attached hydrogens (tertiary/aromatic N) is 3. The lowest BCUT2D eigenvalue weighted by molar-refractivity contribution is -0.130. The van der Waals surface area contributed by atoms with Crippen molar-refractivity contribution >= 4 is 49.9 Å². The third kappa shape index (κ3) is 4.36. The van der Waals surface area contributed by atoms with E-state index in [2.05, 4.69) is 0 Å². The highest BCUT2D eigenvalue weighted by molar-refractivity contribution is 7.22. The van der Waals surface area contributed by atoms with Gasteiger partial charge in [-0.3, -0.25) is 23.7 Å². The van der Waals surface area contributed by atoms with E-state index in [0.29, 0.717) is 52.1 Å². The van der Waals surface area contributed by atoms with Crippen LogP contribution in [0.25, 0.3) is 21.0 Å². The van der Waals surface area contributed by atoms with Crippen molar-refractivity contribution in [1.82, 2.24) is 14.4 Å². The van der Waals surface area contributed by atoms with Crippen molar-refractivity contribution < 1.29 is 19.1 Å². The molecule has 9 heteroatoms. The Labute approximate surface area is 224 Å². The number of methoxy groups -OCH3 is 1. The summed E-state index contributed by atoms with van der Waals surface area (Å²) >= 11 is 1.24. The number of rotatable bonds is 7. The molecule has 1 unspecified atom stereocenters. The van der Waals surface area contributed by atoms with Crippen LogP contribution in [0, 0.1) is 0 Å². The number of fused-ring (bicyclic) bond motifs is 3. The average molecular weight is 532 g/mol. The number of likely N-dealkylation sites (tertiary alicyclic amines) is 1. The molecule has 1 aliphatic heterocycles. The van der Waals surface area contributed by atoms with Gasteiger partial charge in [-0.05, 0) is 19.4 Å². The van der Waals surface area contributed by atoms with Gasteiger partial charge in [-0.1, -0.05) is 48.5 Å². The molecule has 0 aliphatic carbocycles. The minimum Gasteiger partial charge on any atom is -0.494 e. The molecule has 1 fully saturated rings. The van der Waals surface area contributed by atoms with Crippen LogP contribution in [0.15, 0.2) is 59.4 Å². The number of ether oxygens (including phenoxy) is 1. The lowest BCUT2D eigenvalue weighted by Crippen LogP contribution is -2.41. The average Bonchev–Trinajstić information content (AvgIpc) is 3.57. The number of hydrogen-bond donors (Lipinski definition) is 0. The first-order valence-electron chi connectivity index (χ1n) is 12.6. The number of Topliss-reactive ketones (excluding diaryl/α,β-unsaturated/α-hetero) is 1. The Bertz CT molecular complexity index is 1610. The Balaban J connectivity index is 1.59. The van der Waals surface area contributed by atoms with E-state index in [1.807, 2.05) is 37.3 Å². The molecule has 2 amide bonds. The van der Waals surface area contributed by atoms with Crippen LogP contribution in [0.2, 0.25) is 0 Å². The Hall–Kier alpha value is -3.98. The van der Waals surface area contributed by atoms with Crippen molar-refractivity contribution in [1.29, 1.82) is 0 Å². The summed E-state index contributed by atoms with van der Waals surface area (Å²) in [6, 6.07) is 16.2. The predicted molar refractivity (Wildman–Crippen MR) is 148 cm³/mol. The Morgan fingerprint density at radius 2 is 1.79 bits per heavy atom. The van der Waals surface area contributed by atoms with E-state index in [1.165, 1.54) is 23.0 Å². The summed E-state index contributed by atoms with van der Waals surface area (Å²) in [5, 5.41) is 1.08. The smallest absolute Gasteiger partial charge is 0.267 e. The Morgan fingerprint density at radius 3 is 2.47 bits per heavy atom. The van der Waals surface area contributed by atoms with Gasteiger partial charge in [0.1, 0.15) is 10.3 Å². The van der Waals surface area contributed by atoms with E-state index in [1.54, 1.807) is 41.0 Å². The van der Waals surface area contributed by atoms with E-state index in [0.717, 1.165) is 5.39 Å². The molecule has 0 spiro atoms. The first-order chi connectivity index (χ1) is 18.3. The summed E-state index contributed by atoms with van der Waals surface area (Å²) in [5.74, 6) is -0.186. The van der Waals surface area contributed by atoms with Gasteiger partial charge in [0, 0.05) is 37.5 Å². The molecule has 4 aromatic rings. The van der Waals surface area contributed by atoms with Crippen LogP contribution in [-0.4, -0.2) is 64.8 Å². The number of carbonyl (C=O) groups excluding carboxylic acids is 3. The van der Waals surface area contributed by atoms with Gasteiger partial charge in [-0.2, -0.15) is 0 Å². The van der Waals surface area contributed by atoms with Crippen molar-refractivity contribution in [3.05, 3.63) is 75.4 Å². The number of ketones is 1. The molecule has 0 N–H and O–H groups in total. The quantitative estimate of drug-likeness (QED) is 0.334. The second kappa shape index (κ2) is 10.4. The molecule has 0 saturated carbocycles. The largest absolute Gasteiger partial charge is 0.494 e. The zero-order chi connectivity index (χ0) is 27.0. The number of pyridine rings is 1. The van der Waals surface area contributed by atoms with Crippen molar-refractivity contribution in [2.45, 2.75) is 32.9 Å². The zero-order valence-electron chi connectivity index (χ0n) is 21.6. The number of benzene rings is 2. The first kappa shape index (κ1) is 25.7. The molecule has 3 heterocycles. The van der Waals surface area contributed by atoms with E-state index in [9.17, 15) is 19.2 Å². The maximum atomic E-state index is 13.9. The first-order valence-corrected chi connectivity index (χ1v) is 13.4. The summed E-state index contributed by atoms with van der Waals surface area (Å²) in [4.78, 5) is 56.5. The van der Waals surface area contributed by atoms with Gasteiger partial charge in [0.05, 0.1) is 29.9 Å². The number of para-hydroxylation sites is 1. The number of aromatic nitrogens is 1. The van der Waals surface area contributed by atoms with Gasteiger partial charge < -0.3 is 14.5 Å². The summed E-state index contributed by atoms with van der Waals surface area (Å²) in [5.41, 5.74) is 0.772. The molecular formula is C29H29N3O5S. The number of amides is 2. The van der Waals surface area contributed by atoms with Gasteiger partial charge in [0.25, 0.3) is 11.5 Å². The SMILES string of the molecule is CCN(C(C)=O)C1CCN(C(=O)c2sc3c(c2OC)c(=O)n(CC(=O)c2ccccc2)c2ccccc32)C1. The molecule has 1 saturated heterocycles. The van der Waals surface area contributed by atoms with Crippen LogP contribution in [0.4, 0.5) is 0 Å². The molecule has 2 aromatic carbocycles. The van der Waals surface area contributed by atoms with Crippen LogP contribution in [0.5, 0.6) is 5.75 Å². The van der Waals surface area contributed by atoms with Crippen LogP contribution < -0.4 is 10.3 Å². The Morgan fingerprint density at radius 1 is 1.08 bits per heavy atom. The van der Waals surface area contributed by atoms with Gasteiger partial charge in [-0.15, -0.1) is 11.3 Å². The van der Waals surface area contributed by atoms with Gasteiger partial charge in [0.15, 0.2) is 11.5 Å². The lowest BCUT2D eigenvalue weighted by Gasteiger charge is -2.26. The van der Waals surface area contributed by atoms with Crippen LogP contribution in [0.3, 0.4) is 0 Å². The monoisotopic (exact) mass is 531 g/mol. The fourth-order valence-corrected chi connectivity index (χ4v) is 6.62. The van der Waals surface area contributed by atoms with Crippen LogP contribution >= 0.6 is 11.3 Å². The van der Waals surface area contributed by atoms with Crippen LogP contribution in [0.1, 0.15) is 40.3 Å². The third-order valence-corrected chi connectivity index (χ3v) is 8.39. The fraction of sp³-hybridized carbons (Fsp3) is 0.310. The maximum absolute atomic E-state index is 13.9. The zero-order valence-corrected chi connectivity index (χ0v) is 22.4. The molecule has 0 bridgehead atoms. The molecule has 1 aliphatic rings. The minimum absolute atomic E-state index is 0.0108. The normalized spacial score (nSPS) is 15.2. The highest BCUT2D eigenvalue weighted by atomic mass is 32.1. The van der Waals surface area contributed by atoms with Gasteiger partial charge in [0.2, 0.25) is 5.91 Å². The standard InChI is InChI=1S/C29H29N3O5S/c1-4-31(18(2)33)20-14-15-30(16-20)29(36)27-25(37-3)24-26(38-27)21-12-8-9-13-22(21)32(28(24)35)17-23(34)19-10-6-5-7-11-19/h5-13,20H,4,14-17H2,1-3H3. The van der Waals surface area contributed by atoms with Crippen molar-refractivity contribution in [2.24, 2.45) is 0 Å². The van der Waals surface area contributed by atoms with Crippen LogP contribution in [-0.2, 0) is 11.3 Å². The molecule has 8 nitrogen and oxygen atoms in total. The van der Waals surface area contributed by atoms with Crippen molar-refractivity contribution in [3.8, 4) is 5.75 Å². The van der Waals surface area contributed by atoms with Crippen molar-refractivity contribution in [2.75, 3.05) is 26.7 Å². The highest BCUT2D eigenvalue weighted by Crippen LogP contribution is 2.40. The van der Waals surface area contributed by atoms with E-state index in [-0.39, 0.29) is 41.5 Å².